The van der Waals surface area contributed by atoms with Crippen molar-refractivity contribution >= 4 is 34.8 Å². The fraction of sp³-hybridized carbons (Fsp3) is 0.353. The van der Waals surface area contributed by atoms with Crippen LogP contribution in [0.3, 0.4) is 0 Å². The Hall–Kier alpha value is -2.12. The van der Waals surface area contributed by atoms with Gasteiger partial charge in [-0.1, -0.05) is 28.9 Å². The average molecular weight is 381 g/mol. The first kappa shape index (κ1) is 19.2. The SMILES string of the molecule is Cc1noc(C)c1CCC(=O)NNC(=S)NCCc1ccc(Cl)cc1. The molecule has 0 radical (unpaired) electrons. The van der Waals surface area contributed by atoms with Gasteiger partial charge in [-0.25, -0.2) is 0 Å². The predicted molar refractivity (Wildman–Crippen MR) is 101 cm³/mol. The fourth-order valence-electron chi connectivity index (χ4n) is 2.30. The van der Waals surface area contributed by atoms with Crippen LogP contribution in [0.15, 0.2) is 28.8 Å². The van der Waals surface area contributed by atoms with Crippen molar-refractivity contribution in [3.05, 3.63) is 51.9 Å². The number of aryl methyl sites for hydroxylation is 2. The number of amides is 1. The van der Waals surface area contributed by atoms with Gasteiger partial charge in [-0.3, -0.25) is 15.6 Å². The molecular formula is C17H21ClN4O2S. The molecule has 0 aliphatic heterocycles. The van der Waals surface area contributed by atoms with Crippen molar-refractivity contribution in [2.24, 2.45) is 0 Å². The minimum absolute atomic E-state index is 0.151. The van der Waals surface area contributed by atoms with Crippen LogP contribution in [0, 0.1) is 13.8 Å². The number of carbonyl (C=O) groups excluding carboxylic acids is 1. The van der Waals surface area contributed by atoms with Crippen molar-refractivity contribution in [2.45, 2.75) is 33.1 Å². The van der Waals surface area contributed by atoms with E-state index in [-0.39, 0.29) is 5.91 Å². The quantitative estimate of drug-likeness (QED) is 0.528. The molecule has 2 rings (SSSR count). The molecule has 134 valence electrons. The molecule has 0 bridgehead atoms. The van der Waals surface area contributed by atoms with E-state index in [1.165, 1.54) is 0 Å². The second-order valence-corrected chi connectivity index (χ2v) is 6.45. The first-order valence-electron chi connectivity index (χ1n) is 7.94. The van der Waals surface area contributed by atoms with Crippen LogP contribution in [-0.4, -0.2) is 22.7 Å². The third-order valence-corrected chi connectivity index (χ3v) is 4.21. The highest BCUT2D eigenvalue weighted by molar-refractivity contribution is 7.80. The Morgan fingerprint density at radius 1 is 1.20 bits per heavy atom. The summed E-state index contributed by atoms with van der Waals surface area (Å²) in [6.45, 7) is 4.36. The van der Waals surface area contributed by atoms with Gasteiger partial charge in [0.25, 0.3) is 0 Å². The second kappa shape index (κ2) is 9.39. The molecule has 8 heteroatoms. The first-order valence-corrected chi connectivity index (χ1v) is 8.73. The molecule has 0 aliphatic carbocycles. The Morgan fingerprint density at radius 2 is 1.92 bits per heavy atom. The lowest BCUT2D eigenvalue weighted by atomic mass is 10.1. The highest BCUT2D eigenvalue weighted by Crippen LogP contribution is 2.14. The van der Waals surface area contributed by atoms with Crippen molar-refractivity contribution < 1.29 is 9.32 Å². The maximum Gasteiger partial charge on any atom is 0.238 e. The number of thiocarbonyl (C=S) groups is 1. The van der Waals surface area contributed by atoms with Crippen molar-refractivity contribution in [2.75, 3.05) is 6.54 Å². The third-order valence-electron chi connectivity index (χ3n) is 3.71. The monoisotopic (exact) mass is 380 g/mol. The van der Waals surface area contributed by atoms with Crippen molar-refractivity contribution in [1.82, 2.24) is 21.3 Å². The van der Waals surface area contributed by atoms with E-state index in [2.05, 4.69) is 21.3 Å². The molecule has 1 heterocycles. The van der Waals surface area contributed by atoms with Crippen molar-refractivity contribution in [3.63, 3.8) is 0 Å². The van der Waals surface area contributed by atoms with Gasteiger partial charge < -0.3 is 9.84 Å². The number of nitrogens with zero attached hydrogens (tertiary/aromatic N) is 1. The Labute approximate surface area is 157 Å². The molecule has 0 saturated heterocycles. The van der Waals surface area contributed by atoms with Gasteiger partial charge in [0.05, 0.1) is 5.69 Å². The molecule has 1 aromatic carbocycles. The van der Waals surface area contributed by atoms with E-state index in [1.807, 2.05) is 38.1 Å². The van der Waals surface area contributed by atoms with Gasteiger partial charge >= 0.3 is 0 Å². The molecule has 1 amide bonds. The van der Waals surface area contributed by atoms with Crippen LogP contribution >= 0.6 is 23.8 Å². The van der Waals surface area contributed by atoms with E-state index in [0.717, 1.165) is 29.0 Å². The number of aromatic nitrogens is 1. The van der Waals surface area contributed by atoms with Crippen LogP contribution in [0.1, 0.15) is 29.0 Å². The number of hydrogen-bond acceptors (Lipinski definition) is 4. The zero-order valence-corrected chi connectivity index (χ0v) is 15.8. The van der Waals surface area contributed by atoms with E-state index in [1.54, 1.807) is 0 Å². The summed E-state index contributed by atoms with van der Waals surface area (Å²) >= 11 is 11.0. The topological polar surface area (TPSA) is 79.2 Å². The minimum Gasteiger partial charge on any atom is -0.361 e. The highest BCUT2D eigenvalue weighted by atomic mass is 35.5. The number of benzene rings is 1. The van der Waals surface area contributed by atoms with E-state index in [4.69, 9.17) is 28.3 Å². The molecule has 3 N–H and O–H groups in total. The number of rotatable bonds is 6. The number of carbonyl (C=O) groups is 1. The number of hydrazine groups is 1. The molecule has 0 atom stereocenters. The minimum atomic E-state index is -0.151. The summed E-state index contributed by atoms with van der Waals surface area (Å²) in [6, 6.07) is 7.65. The molecule has 0 spiro atoms. The fourth-order valence-corrected chi connectivity index (χ4v) is 2.58. The third kappa shape index (κ3) is 6.36. The molecule has 0 unspecified atom stereocenters. The average Bonchev–Trinajstić information content (AvgIpc) is 2.91. The molecule has 0 fully saturated rings. The summed E-state index contributed by atoms with van der Waals surface area (Å²) in [7, 11) is 0. The molecule has 6 nitrogen and oxygen atoms in total. The smallest absolute Gasteiger partial charge is 0.238 e. The maximum absolute atomic E-state index is 11.9. The van der Waals surface area contributed by atoms with Gasteiger partial charge in [0.15, 0.2) is 5.11 Å². The van der Waals surface area contributed by atoms with Crippen LogP contribution in [0.4, 0.5) is 0 Å². The van der Waals surface area contributed by atoms with E-state index in [0.29, 0.717) is 29.5 Å². The summed E-state index contributed by atoms with van der Waals surface area (Å²) < 4.78 is 5.08. The van der Waals surface area contributed by atoms with E-state index < -0.39 is 0 Å². The first-order chi connectivity index (χ1) is 12.0. The van der Waals surface area contributed by atoms with Gasteiger partial charge in [-0.15, -0.1) is 0 Å². The lowest BCUT2D eigenvalue weighted by molar-refractivity contribution is -0.121. The Bertz CT molecular complexity index is 711. The van der Waals surface area contributed by atoms with Crippen LogP contribution in [0.5, 0.6) is 0 Å². The van der Waals surface area contributed by atoms with Gasteiger partial charge in [0.2, 0.25) is 5.91 Å². The second-order valence-electron chi connectivity index (χ2n) is 5.61. The zero-order chi connectivity index (χ0) is 18.2. The number of hydrogen-bond donors (Lipinski definition) is 3. The molecule has 0 aliphatic rings. The van der Waals surface area contributed by atoms with Gasteiger partial charge in [-0.2, -0.15) is 0 Å². The summed E-state index contributed by atoms with van der Waals surface area (Å²) in [5.74, 6) is 0.597. The van der Waals surface area contributed by atoms with Crippen molar-refractivity contribution in [3.8, 4) is 0 Å². The largest absolute Gasteiger partial charge is 0.361 e. The Morgan fingerprint density at radius 3 is 2.56 bits per heavy atom. The number of nitrogens with one attached hydrogen (secondary N) is 3. The van der Waals surface area contributed by atoms with Crippen LogP contribution in [-0.2, 0) is 17.6 Å². The van der Waals surface area contributed by atoms with Crippen LogP contribution < -0.4 is 16.2 Å². The number of halogens is 1. The molecule has 25 heavy (non-hydrogen) atoms. The van der Waals surface area contributed by atoms with E-state index in [9.17, 15) is 4.79 Å². The maximum atomic E-state index is 11.9. The van der Waals surface area contributed by atoms with Gasteiger partial charge in [-0.05, 0) is 56.6 Å². The van der Waals surface area contributed by atoms with Crippen LogP contribution in [0.2, 0.25) is 5.02 Å². The molecular weight excluding hydrogens is 360 g/mol. The van der Waals surface area contributed by atoms with Gasteiger partial charge in [0, 0.05) is 23.6 Å². The Kier molecular flexibility index (Phi) is 7.21. The lowest BCUT2D eigenvalue weighted by Gasteiger charge is -2.11. The van der Waals surface area contributed by atoms with Crippen molar-refractivity contribution in [1.29, 1.82) is 0 Å². The zero-order valence-electron chi connectivity index (χ0n) is 14.2. The normalized spacial score (nSPS) is 10.4. The highest BCUT2D eigenvalue weighted by Gasteiger charge is 2.11. The van der Waals surface area contributed by atoms with E-state index >= 15 is 0 Å². The summed E-state index contributed by atoms with van der Waals surface area (Å²) in [5.41, 5.74) is 8.22. The summed E-state index contributed by atoms with van der Waals surface area (Å²) in [4.78, 5) is 11.9. The summed E-state index contributed by atoms with van der Waals surface area (Å²) in [5, 5.41) is 8.00. The van der Waals surface area contributed by atoms with Crippen LogP contribution in [0.25, 0.3) is 0 Å². The predicted octanol–water partition coefficient (Wildman–Crippen LogP) is 2.62. The standard InChI is InChI=1S/C17H21ClN4O2S/c1-11-15(12(2)24-22-11)7-8-16(23)20-21-17(25)19-10-9-13-3-5-14(18)6-4-13/h3-6H,7-10H2,1-2H3,(H,20,23)(H2,19,21,25). The molecule has 1 aromatic heterocycles. The lowest BCUT2D eigenvalue weighted by Crippen LogP contribution is -2.47. The molecule has 2 aromatic rings. The Balaban J connectivity index is 1.62. The van der Waals surface area contributed by atoms with Gasteiger partial charge in [0.1, 0.15) is 5.76 Å². The molecule has 0 saturated carbocycles. The summed E-state index contributed by atoms with van der Waals surface area (Å²) in [6.07, 6.45) is 1.70.